The summed E-state index contributed by atoms with van der Waals surface area (Å²) in [4.78, 5) is 14.0. The van der Waals surface area contributed by atoms with E-state index in [4.69, 9.17) is 9.47 Å². The quantitative estimate of drug-likeness (QED) is 0.689. The van der Waals surface area contributed by atoms with Gasteiger partial charge in [-0.05, 0) is 37.1 Å². The highest BCUT2D eigenvalue weighted by Crippen LogP contribution is 2.27. The van der Waals surface area contributed by atoms with Crippen molar-refractivity contribution in [2.24, 2.45) is 0 Å². The summed E-state index contributed by atoms with van der Waals surface area (Å²) in [7, 11) is 3.20. The van der Waals surface area contributed by atoms with E-state index < -0.39 is 0 Å². The van der Waals surface area contributed by atoms with E-state index in [9.17, 15) is 4.79 Å². The van der Waals surface area contributed by atoms with Crippen molar-refractivity contribution >= 4 is 12.0 Å². The van der Waals surface area contributed by atoms with Crippen molar-refractivity contribution in [1.82, 2.24) is 4.90 Å². The third-order valence-electron chi connectivity index (χ3n) is 3.30. The van der Waals surface area contributed by atoms with Crippen LogP contribution in [0.5, 0.6) is 11.5 Å². The molecule has 21 heavy (non-hydrogen) atoms. The fraction of sp³-hybridized carbons (Fsp3) is 0.471. The number of hydrogen-bond donors (Lipinski definition) is 0. The van der Waals surface area contributed by atoms with Crippen LogP contribution < -0.4 is 9.47 Å². The van der Waals surface area contributed by atoms with Crippen LogP contribution in [0, 0.1) is 0 Å². The highest BCUT2D eigenvalue weighted by atomic mass is 16.5. The molecule has 0 unspecified atom stereocenters. The lowest BCUT2D eigenvalue weighted by Gasteiger charge is -2.18. The van der Waals surface area contributed by atoms with Crippen LogP contribution in [0.25, 0.3) is 6.08 Å². The summed E-state index contributed by atoms with van der Waals surface area (Å²) >= 11 is 0. The van der Waals surface area contributed by atoms with Gasteiger partial charge < -0.3 is 14.4 Å². The molecular formula is C17H25NO3. The Labute approximate surface area is 127 Å². The molecule has 0 spiro atoms. The summed E-state index contributed by atoms with van der Waals surface area (Å²) in [6.45, 7) is 5.66. The van der Waals surface area contributed by atoms with Crippen molar-refractivity contribution < 1.29 is 14.3 Å². The topological polar surface area (TPSA) is 38.8 Å². The highest BCUT2D eigenvalue weighted by Gasteiger charge is 2.07. The van der Waals surface area contributed by atoms with E-state index >= 15 is 0 Å². The van der Waals surface area contributed by atoms with Crippen molar-refractivity contribution in [2.75, 3.05) is 27.3 Å². The molecular weight excluding hydrogens is 266 g/mol. The van der Waals surface area contributed by atoms with Crippen LogP contribution in [0.15, 0.2) is 24.3 Å². The lowest BCUT2D eigenvalue weighted by Crippen LogP contribution is -2.30. The first-order chi connectivity index (χ1) is 10.2. The van der Waals surface area contributed by atoms with Crippen LogP contribution in [0.3, 0.4) is 0 Å². The fourth-order valence-corrected chi connectivity index (χ4v) is 2.00. The number of ether oxygens (including phenoxy) is 2. The molecule has 0 N–H and O–H groups in total. The Bertz CT molecular complexity index is 483. The predicted octanol–water partition coefficient (Wildman–Crippen LogP) is 3.37. The van der Waals surface area contributed by atoms with Gasteiger partial charge in [-0.1, -0.05) is 19.4 Å². The zero-order chi connectivity index (χ0) is 15.7. The Balaban J connectivity index is 2.77. The largest absolute Gasteiger partial charge is 0.493 e. The van der Waals surface area contributed by atoms with Crippen molar-refractivity contribution in [3.63, 3.8) is 0 Å². The minimum atomic E-state index is 0.0423. The second-order valence-electron chi connectivity index (χ2n) is 4.72. The molecule has 0 fully saturated rings. The predicted molar refractivity (Wildman–Crippen MR) is 85.7 cm³/mol. The zero-order valence-electron chi connectivity index (χ0n) is 13.4. The molecule has 4 heteroatoms. The van der Waals surface area contributed by atoms with Gasteiger partial charge >= 0.3 is 0 Å². The molecule has 0 saturated carbocycles. The van der Waals surface area contributed by atoms with E-state index in [1.54, 1.807) is 26.4 Å². The molecule has 0 heterocycles. The van der Waals surface area contributed by atoms with Crippen LogP contribution >= 0.6 is 0 Å². The van der Waals surface area contributed by atoms with Gasteiger partial charge in [0.15, 0.2) is 11.5 Å². The lowest BCUT2D eigenvalue weighted by molar-refractivity contribution is -0.125. The number of methoxy groups -OCH3 is 2. The molecule has 0 atom stereocenters. The first-order valence-corrected chi connectivity index (χ1v) is 7.35. The number of carbonyl (C=O) groups is 1. The summed E-state index contributed by atoms with van der Waals surface area (Å²) in [5.74, 6) is 1.38. The number of unbranched alkanes of at least 4 members (excludes halogenated alkanes) is 1. The number of nitrogens with zero attached hydrogens (tertiary/aromatic N) is 1. The van der Waals surface area contributed by atoms with Gasteiger partial charge in [0.1, 0.15) is 0 Å². The smallest absolute Gasteiger partial charge is 0.246 e. The minimum Gasteiger partial charge on any atom is -0.493 e. The van der Waals surface area contributed by atoms with Gasteiger partial charge in [-0.15, -0.1) is 0 Å². The fourth-order valence-electron chi connectivity index (χ4n) is 2.00. The Morgan fingerprint density at radius 1 is 1.19 bits per heavy atom. The third kappa shape index (κ3) is 5.14. The Morgan fingerprint density at radius 2 is 1.90 bits per heavy atom. The molecule has 0 aromatic heterocycles. The number of amides is 1. The number of benzene rings is 1. The maximum Gasteiger partial charge on any atom is 0.246 e. The van der Waals surface area contributed by atoms with Crippen molar-refractivity contribution in [3.8, 4) is 11.5 Å². The molecule has 0 aliphatic heterocycles. The molecule has 0 radical (unpaired) electrons. The van der Waals surface area contributed by atoms with Crippen molar-refractivity contribution in [2.45, 2.75) is 26.7 Å². The summed E-state index contributed by atoms with van der Waals surface area (Å²) < 4.78 is 10.4. The number of likely N-dealkylation sites (N-methyl/N-ethyl adjacent to an activating group) is 1. The van der Waals surface area contributed by atoms with Gasteiger partial charge in [0.2, 0.25) is 5.91 Å². The zero-order valence-corrected chi connectivity index (χ0v) is 13.4. The molecule has 1 aromatic carbocycles. The molecule has 4 nitrogen and oxygen atoms in total. The standard InChI is InChI=1S/C17H25NO3/c1-5-7-12-18(6-2)17(19)11-9-14-8-10-15(20-3)16(13-14)21-4/h8-11,13H,5-7,12H2,1-4H3/b11-9+. The SMILES string of the molecule is CCCCN(CC)C(=O)/C=C/c1ccc(OC)c(OC)c1. The van der Waals surface area contributed by atoms with Gasteiger partial charge in [0.25, 0.3) is 0 Å². The lowest BCUT2D eigenvalue weighted by atomic mass is 10.2. The maximum absolute atomic E-state index is 12.1. The normalized spacial score (nSPS) is 10.7. The number of carbonyl (C=O) groups excluding carboxylic acids is 1. The minimum absolute atomic E-state index is 0.0423. The highest BCUT2D eigenvalue weighted by molar-refractivity contribution is 5.91. The third-order valence-corrected chi connectivity index (χ3v) is 3.30. The average Bonchev–Trinajstić information content (AvgIpc) is 2.53. The van der Waals surface area contributed by atoms with E-state index in [-0.39, 0.29) is 5.91 Å². The van der Waals surface area contributed by atoms with Gasteiger partial charge in [0, 0.05) is 19.2 Å². The Morgan fingerprint density at radius 3 is 2.48 bits per heavy atom. The van der Waals surface area contributed by atoms with E-state index in [1.807, 2.05) is 30.0 Å². The molecule has 0 saturated heterocycles. The van der Waals surface area contributed by atoms with Gasteiger partial charge in [0.05, 0.1) is 14.2 Å². The number of hydrogen-bond acceptors (Lipinski definition) is 3. The number of rotatable bonds is 8. The van der Waals surface area contributed by atoms with Crippen LogP contribution in [0.2, 0.25) is 0 Å². The van der Waals surface area contributed by atoms with Gasteiger partial charge in [-0.3, -0.25) is 4.79 Å². The second-order valence-corrected chi connectivity index (χ2v) is 4.72. The summed E-state index contributed by atoms with van der Waals surface area (Å²) in [5, 5.41) is 0. The summed E-state index contributed by atoms with van der Waals surface area (Å²) in [5.41, 5.74) is 0.910. The molecule has 1 aromatic rings. The van der Waals surface area contributed by atoms with Gasteiger partial charge in [-0.25, -0.2) is 0 Å². The Hall–Kier alpha value is -1.97. The molecule has 1 rings (SSSR count). The van der Waals surface area contributed by atoms with E-state index in [2.05, 4.69) is 6.92 Å². The van der Waals surface area contributed by atoms with E-state index in [1.165, 1.54) is 0 Å². The first-order valence-electron chi connectivity index (χ1n) is 7.35. The monoisotopic (exact) mass is 291 g/mol. The molecule has 0 aliphatic rings. The van der Waals surface area contributed by atoms with Crippen LogP contribution in [0.4, 0.5) is 0 Å². The van der Waals surface area contributed by atoms with Crippen LogP contribution in [-0.4, -0.2) is 38.1 Å². The van der Waals surface area contributed by atoms with Gasteiger partial charge in [-0.2, -0.15) is 0 Å². The molecule has 116 valence electrons. The van der Waals surface area contributed by atoms with Crippen LogP contribution in [-0.2, 0) is 4.79 Å². The summed E-state index contributed by atoms with van der Waals surface area (Å²) in [6, 6.07) is 5.58. The maximum atomic E-state index is 12.1. The summed E-state index contributed by atoms with van der Waals surface area (Å²) in [6.07, 6.45) is 5.53. The average molecular weight is 291 g/mol. The van der Waals surface area contributed by atoms with E-state index in [0.29, 0.717) is 11.5 Å². The second kappa shape index (κ2) is 9.06. The molecule has 1 amide bonds. The molecule has 0 aliphatic carbocycles. The van der Waals surface area contributed by atoms with Crippen LogP contribution in [0.1, 0.15) is 32.3 Å². The van der Waals surface area contributed by atoms with Crippen molar-refractivity contribution in [3.05, 3.63) is 29.8 Å². The first kappa shape index (κ1) is 17.1. The van der Waals surface area contributed by atoms with Crippen molar-refractivity contribution in [1.29, 1.82) is 0 Å². The van der Waals surface area contributed by atoms with E-state index in [0.717, 1.165) is 31.5 Å². The molecule has 0 bridgehead atoms. The Kier molecular flexibility index (Phi) is 7.37.